The standard InChI is InChI=1S/C13H11Cl2FN2O2S/c14-9-2-1-3-11(5-9)18-21(19,20)12-6-10(15)4-8(7-17)13(12)16/h1-6,18H,7,17H2. The lowest BCUT2D eigenvalue weighted by Crippen LogP contribution is -2.16. The molecule has 0 spiro atoms. The van der Waals surface area contributed by atoms with Gasteiger partial charge in [0, 0.05) is 22.2 Å². The molecule has 0 atom stereocenters. The maximum absolute atomic E-state index is 14.1. The molecule has 2 aromatic rings. The normalized spacial score (nSPS) is 11.4. The van der Waals surface area contributed by atoms with Gasteiger partial charge in [-0.05, 0) is 30.3 Å². The van der Waals surface area contributed by atoms with E-state index in [1.54, 1.807) is 12.1 Å². The predicted molar refractivity (Wildman–Crippen MR) is 81.6 cm³/mol. The lowest BCUT2D eigenvalue weighted by atomic mass is 10.2. The molecule has 0 heterocycles. The first kappa shape index (κ1) is 16.0. The molecule has 3 N–H and O–H groups in total. The molecule has 0 amide bonds. The van der Waals surface area contributed by atoms with Crippen molar-refractivity contribution in [2.45, 2.75) is 11.4 Å². The van der Waals surface area contributed by atoms with Crippen LogP contribution in [0.4, 0.5) is 10.1 Å². The van der Waals surface area contributed by atoms with Crippen LogP contribution in [0.25, 0.3) is 0 Å². The van der Waals surface area contributed by atoms with Crippen molar-refractivity contribution in [3.8, 4) is 0 Å². The van der Waals surface area contributed by atoms with Gasteiger partial charge in [-0.15, -0.1) is 0 Å². The van der Waals surface area contributed by atoms with E-state index in [0.717, 1.165) is 6.07 Å². The Bertz CT molecular complexity index is 782. The monoisotopic (exact) mass is 348 g/mol. The Balaban J connectivity index is 2.47. The van der Waals surface area contributed by atoms with Gasteiger partial charge in [0.1, 0.15) is 10.7 Å². The van der Waals surface area contributed by atoms with Crippen LogP contribution in [0.3, 0.4) is 0 Å². The van der Waals surface area contributed by atoms with Crippen LogP contribution in [0.15, 0.2) is 41.3 Å². The van der Waals surface area contributed by atoms with E-state index >= 15 is 0 Å². The molecule has 2 aromatic carbocycles. The third kappa shape index (κ3) is 3.65. The first-order valence-electron chi connectivity index (χ1n) is 5.80. The number of rotatable bonds is 4. The van der Waals surface area contributed by atoms with Crippen LogP contribution in [0.2, 0.25) is 10.0 Å². The van der Waals surface area contributed by atoms with Crippen LogP contribution in [0.5, 0.6) is 0 Å². The number of nitrogens with one attached hydrogen (secondary N) is 1. The topological polar surface area (TPSA) is 72.2 Å². The Morgan fingerprint density at radius 3 is 2.48 bits per heavy atom. The predicted octanol–water partition coefficient (Wildman–Crippen LogP) is 3.39. The summed E-state index contributed by atoms with van der Waals surface area (Å²) in [5.74, 6) is -0.920. The fourth-order valence-electron chi connectivity index (χ4n) is 1.72. The summed E-state index contributed by atoms with van der Waals surface area (Å²) in [7, 11) is -4.14. The molecule has 8 heteroatoms. The molecule has 0 aliphatic rings. The summed E-state index contributed by atoms with van der Waals surface area (Å²) in [6.45, 7) is -0.161. The summed E-state index contributed by atoms with van der Waals surface area (Å²) in [4.78, 5) is -0.560. The summed E-state index contributed by atoms with van der Waals surface area (Å²) in [5, 5.41) is 0.438. The van der Waals surface area contributed by atoms with Crippen LogP contribution < -0.4 is 10.5 Å². The SMILES string of the molecule is NCc1cc(Cl)cc(S(=O)(=O)Nc2cccc(Cl)c2)c1F. The number of anilines is 1. The second-order valence-corrected chi connectivity index (χ2v) is 6.72. The maximum atomic E-state index is 14.1. The van der Waals surface area contributed by atoms with Crippen LogP contribution in [-0.4, -0.2) is 8.42 Å². The highest BCUT2D eigenvalue weighted by Crippen LogP contribution is 2.26. The molecule has 0 fully saturated rings. The molecule has 2 rings (SSSR count). The Kier molecular flexibility index (Phi) is 4.73. The summed E-state index contributed by atoms with van der Waals surface area (Å²) in [6.07, 6.45) is 0. The van der Waals surface area contributed by atoms with Crippen LogP contribution >= 0.6 is 23.2 Å². The first-order valence-corrected chi connectivity index (χ1v) is 8.04. The number of nitrogens with two attached hydrogens (primary N) is 1. The van der Waals surface area contributed by atoms with Crippen molar-refractivity contribution < 1.29 is 12.8 Å². The zero-order valence-corrected chi connectivity index (χ0v) is 12.9. The molecule has 0 saturated carbocycles. The van der Waals surface area contributed by atoms with Crippen LogP contribution in [0, 0.1) is 5.82 Å². The molecule has 0 bridgehead atoms. The lowest BCUT2D eigenvalue weighted by molar-refractivity contribution is 0.561. The number of benzene rings is 2. The van der Waals surface area contributed by atoms with Crippen molar-refractivity contribution in [1.29, 1.82) is 0 Å². The lowest BCUT2D eigenvalue weighted by Gasteiger charge is -2.11. The number of hydrogen-bond donors (Lipinski definition) is 2. The number of hydrogen-bond acceptors (Lipinski definition) is 3. The van der Waals surface area contributed by atoms with Gasteiger partial charge >= 0.3 is 0 Å². The van der Waals surface area contributed by atoms with Crippen LogP contribution in [-0.2, 0) is 16.6 Å². The van der Waals surface area contributed by atoms with Gasteiger partial charge in [0.25, 0.3) is 10.0 Å². The van der Waals surface area contributed by atoms with E-state index in [4.69, 9.17) is 28.9 Å². The van der Waals surface area contributed by atoms with Gasteiger partial charge in [-0.25, -0.2) is 12.8 Å². The molecular weight excluding hydrogens is 338 g/mol. The zero-order chi connectivity index (χ0) is 15.6. The van der Waals surface area contributed by atoms with E-state index in [2.05, 4.69) is 4.72 Å². The molecule has 0 aliphatic carbocycles. The van der Waals surface area contributed by atoms with Gasteiger partial charge in [0.15, 0.2) is 0 Å². The van der Waals surface area contributed by atoms with E-state index in [1.807, 2.05) is 0 Å². The van der Waals surface area contributed by atoms with E-state index < -0.39 is 20.7 Å². The molecular formula is C13H11Cl2FN2O2S. The van der Waals surface area contributed by atoms with E-state index in [-0.39, 0.29) is 22.8 Å². The van der Waals surface area contributed by atoms with Crippen LogP contribution in [0.1, 0.15) is 5.56 Å². The minimum Gasteiger partial charge on any atom is -0.326 e. The fraction of sp³-hybridized carbons (Fsp3) is 0.0769. The second-order valence-electron chi connectivity index (χ2n) is 4.20. The van der Waals surface area contributed by atoms with Gasteiger partial charge in [0.05, 0.1) is 5.69 Å². The van der Waals surface area contributed by atoms with Crippen molar-refractivity contribution >= 4 is 38.9 Å². The number of sulfonamides is 1. The van der Waals surface area contributed by atoms with Gasteiger partial charge in [0.2, 0.25) is 0 Å². The number of halogens is 3. The van der Waals surface area contributed by atoms with Gasteiger partial charge in [-0.3, -0.25) is 4.72 Å². The van der Waals surface area contributed by atoms with E-state index in [0.29, 0.717) is 5.02 Å². The van der Waals surface area contributed by atoms with Crippen molar-refractivity contribution in [3.63, 3.8) is 0 Å². The minimum absolute atomic E-state index is 0.0222. The molecule has 0 unspecified atom stereocenters. The minimum atomic E-state index is -4.14. The highest BCUT2D eigenvalue weighted by Gasteiger charge is 2.22. The Hall–Kier alpha value is -1.34. The molecule has 4 nitrogen and oxygen atoms in total. The Labute approximate surface area is 131 Å². The fourth-order valence-corrected chi connectivity index (χ4v) is 3.42. The summed E-state index contributed by atoms with van der Waals surface area (Å²) in [6, 6.07) is 8.38. The second kappa shape index (κ2) is 6.19. The van der Waals surface area contributed by atoms with Crippen molar-refractivity contribution in [3.05, 3.63) is 57.8 Å². The Morgan fingerprint density at radius 2 is 1.86 bits per heavy atom. The largest absolute Gasteiger partial charge is 0.326 e. The first-order chi connectivity index (χ1) is 9.83. The van der Waals surface area contributed by atoms with Crippen molar-refractivity contribution in [2.75, 3.05) is 4.72 Å². The average Bonchev–Trinajstić information content (AvgIpc) is 2.40. The van der Waals surface area contributed by atoms with Crippen molar-refractivity contribution in [1.82, 2.24) is 0 Å². The molecule has 0 radical (unpaired) electrons. The van der Waals surface area contributed by atoms with E-state index in [1.165, 1.54) is 18.2 Å². The smallest absolute Gasteiger partial charge is 0.264 e. The molecule has 21 heavy (non-hydrogen) atoms. The summed E-state index contributed by atoms with van der Waals surface area (Å²) >= 11 is 11.6. The quantitative estimate of drug-likeness (QED) is 0.889. The summed E-state index contributed by atoms with van der Waals surface area (Å²) in [5.41, 5.74) is 5.61. The molecule has 112 valence electrons. The molecule has 0 aliphatic heterocycles. The van der Waals surface area contributed by atoms with E-state index in [9.17, 15) is 12.8 Å². The zero-order valence-electron chi connectivity index (χ0n) is 10.6. The average molecular weight is 349 g/mol. The van der Waals surface area contributed by atoms with Gasteiger partial charge in [-0.2, -0.15) is 0 Å². The third-order valence-electron chi connectivity index (χ3n) is 2.67. The maximum Gasteiger partial charge on any atom is 0.264 e. The molecule has 0 saturated heterocycles. The third-order valence-corrected chi connectivity index (χ3v) is 4.50. The Morgan fingerprint density at radius 1 is 1.14 bits per heavy atom. The highest BCUT2D eigenvalue weighted by atomic mass is 35.5. The van der Waals surface area contributed by atoms with Crippen molar-refractivity contribution in [2.24, 2.45) is 5.73 Å². The molecule has 0 aromatic heterocycles. The summed E-state index contributed by atoms with van der Waals surface area (Å²) < 4.78 is 40.9. The van der Waals surface area contributed by atoms with Gasteiger partial charge < -0.3 is 5.73 Å². The van der Waals surface area contributed by atoms with Gasteiger partial charge in [-0.1, -0.05) is 29.3 Å². The highest BCUT2D eigenvalue weighted by molar-refractivity contribution is 7.92.